The van der Waals surface area contributed by atoms with Gasteiger partial charge in [0.1, 0.15) is 5.71 Å². The molecule has 0 saturated carbocycles. The zero-order valence-electron chi connectivity index (χ0n) is 14.7. The van der Waals surface area contributed by atoms with Crippen LogP contribution in [0.25, 0.3) is 0 Å². The normalized spacial score (nSPS) is 15.7. The number of carboxylic acids is 1. The number of anilines is 1. The zero-order chi connectivity index (χ0) is 19.4. The Morgan fingerprint density at radius 2 is 2.15 bits per heavy atom. The van der Waals surface area contributed by atoms with Crippen molar-refractivity contribution in [3.05, 3.63) is 41.7 Å². The summed E-state index contributed by atoms with van der Waals surface area (Å²) in [6.45, 7) is 2.07. The number of aromatic nitrogens is 2. The van der Waals surface area contributed by atoms with E-state index in [1.54, 1.807) is 31.5 Å². The number of nitrogens with zero attached hydrogens (tertiary/aromatic N) is 2. The van der Waals surface area contributed by atoms with Crippen LogP contribution < -0.4 is 10.6 Å². The minimum Gasteiger partial charge on any atom is -0.481 e. The number of imidazole rings is 1. The molecule has 0 spiro atoms. The second kappa shape index (κ2) is 7.81. The molecule has 1 aliphatic heterocycles. The number of carbonyl (C=O) groups is 3. The Balaban J connectivity index is 1.78. The van der Waals surface area contributed by atoms with Crippen molar-refractivity contribution in [1.29, 1.82) is 0 Å². The predicted molar refractivity (Wildman–Crippen MR) is 98.2 cm³/mol. The lowest BCUT2D eigenvalue weighted by Crippen LogP contribution is -2.39. The van der Waals surface area contributed by atoms with Crippen molar-refractivity contribution in [1.82, 2.24) is 15.3 Å². The number of aliphatic carboxylic acids is 1. The number of hydrogen-bond acceptors (Lipinski definition) is 6. The van der Waals surface area contributed by atoms with E-state index in [1.807, 2.05) is 6.07 Å². The number of H-pyrrole nitrogens is 1. The summed E-state index contributed by atoms with van der Waals surface area (Å²) in [5, 5.41) is 14.3. The van der Waals surface area contributed by atoms with Crippen LogP contribution in [0.1, 0.15) is 29.3 Å². The number of rotatable bonds is 7. The lowest BCUT2D eigenvalue weighted by molar-refractivity contribution is -0.136. The van der Waals surface area contributed by atoms with Crippen LogP contribution in [0.15, 0.2) is 35.6 Å². The van der Waals surface area contributed by atoms with Crippen LogP contribution in [0.5, 0.6) is 0 Å². The third kappa shape index (κ3) is 4.20. The molecule has 0 bridgehead atoms. The predicted octanol–water partition coefficient (Wildman–Crippen LogP) is 1.52. The summed E-state index contributed by atoms with van der Waals surface area (Å²) in [4.78, 5) is 46.8. The van der Waals surface area contributed by atoms with Gasteiger partial charge in [0.15, 0.2) is 11.7 Å². The fourth-order valence-corrected chi connectivity index (χ4v) is 2.74. The fourth-order valence-electron chi connectivity index (χ4n) is 2.74. The van der Waals surface area contributed by atoms with Crippen molar-refractivity contribution in [2.75, 3.05) is 11.9 Å². The van der Waals surface area contributed by atoms with E-state index in [4.69, 9.17) is 5.11 Å². The molecule has 2 heterocycles. The van der Waals surface area contributed by atoms with Gasteiger partial charge >= 0.3 is 5.97 Å². The molecular weight excluding hydrogens is 350 g/mol. The monoisotopic (exact) mass is 369 g/mol. The molecule has 1 atom stereocenters. The van der Waals surface area contributed by atoms with E-state index in [1.165, 1.54) is 0 Å². The topological polar surface area (TPSA) is 137 Å². The molecule has 1 aromatic heterocycles. The first-order valence-electron chi connectivity index (χ1n) is 8.44. The maximum atomic E-state index is 12.6. The molecule has 9 heteroatoms. The van der Waals surface area contributed by atoms with E-state index in [2.05, 4.69) is 25.6 Å². The molecular formula is C18H19N5O4. The molecule has 0 saturated heterocycles. The number of hydrogen-bond donors (Lipinski definition) is 4. The van der Waals surface area contributed by atoms with Gasteiger partial charge in [-0.3, -0.25) is 14.4 Å². The number of Topliss-reactive ketones (excluding diaryl/α,β-unsaturated/α-hetero) is 1. The van der Waals surface area contributed by atoms with E-state index in [0.29, 0.717) is 23.7 Å². The summed E-state index contributed by atoms with van der Waals surface area (Å²) in [6, 6.07) is 5.28. The van der Waals surface area contributed by atoms with Crippen LogP contribution in [0, 0.1) is 5.92 Å². The number of carbonyl (C=O) groups excluding carboxylic acids is 2. The third-order valence-corrected chi connectivity index (χ3v) is 4.19. The van der Waals surface area contributed by atoms with E-state index >= 15 is 0 Å². The maximum Gasteiger partial charge on any atom is 0.305 e. The van der Waals surface area contributed by atoms with Gasteiger partial charge in [-0.25, -0.2) is 9.98 Å². The maximum absolute atomic E-state index is 12.6. The molecule has 9 nitrogen and oxygen atoms in total. The summed E-state index contributed by atoms with van der Waals surface area (Å²) in [5.41, 5.74) is 1.86. The molecule has 2 aromatic rings. The summed E-state index contributed by atoms with van der Waals surface area (Å²) in [7, 11) is 0. The Kier molecular flexibility index (Phi) is 5.30. The van der Waals surface area contributed by atoms with Gasteiger partial charge in [0.05, 0.1) is 18.0 Å². The molecule has 140 valence electrons. The van der Waals surface area contributed by atoms with E-state index < -0.39 is 17.8 Å². The van der Waals surface area contributed by atoms with E-state index in [0.717, 1.165) is 5.56 Å². The average Bonchev–Trinajstić information content (AvgIpc) is 3.16. The van der Waals surface area contributed by atoms with Gasteiger partial charge in [-0.2, -0.15) is 0 Å². The van der Waals surface area contributed by atoms with Crippen LogP contribution in [0.2, 0.25) is 0 Å². The number of amides is 1. The molecule has 1 aliphatic rings. The van der Waals surface area contributed by atoms with Gasteiger partial charge in [-0.05, 0) is 24.6 Å². The smallest absolute Gasteiger partial charge is 0.305 e. The summed E-state index contributed by atoms with van der Waals surface area (Å²) in [6.07, 6.45) is 3.14. The molecule has 1 amide bonds. The van der Waals surface area contributed by atoms with Crippen molar-refractivity contribution in [3.8, 4) is 0 Å². The number of fused-ring (bicyclic) bond motifs is 1. The van der Waals surface area contributed by atoms with Crippen LogP contribution in [-0.4, -0.2) is 45.0 Å². The van der Waals surface area contributed by atoms with Crippen molar-refractivity contribution in [2.24, 2.45) is 10.9 Å². The Hall–Kier alpha value is -3.49. The summed E-state index contributed by atoms with van der Waals surface area (Å²) in [5.74, 6) is -1.78. The molecule has 3 rings (SSSR count). The minimum absolute atomic E-state index is 0.0198. The number of benzene rings is 1. The van der Waals surface area contributed by atoms with Gasteiger partial charge in [0.25, 0.3) is 5.91 Å². The van der Waals surface area contributed by atoms with Gasteiger partial charge in [-0.15, -0.1) is 0 Å². The Morgan fingerprint density at radius 3 is 2.85 bits per heavy atom. The Morgan fingerprint density at radius 1 is 1.33 bits per heavy atom. The highest BCUT2D eigenvalue weighted by Crippen LogP contribution is 2.30. The average molecular weight is 369 g/mol. The molecule has 0 radical (unpaired) electrons. The summed E-state index contributed by atoms with van der Waals surface area (Å²) >= 11 is 0. The Bertz CT molecular complexity index is 904. The molecule has 1 unspecified atom stereocenters. The van der Waals surface area contributed by atoms with Gasteiger partial charge in [-0.1, -0.05) is 6.07 Å². The quantitative estimate of drug-likeness (QED) is 0.584. The van der Waals surface area contributed by atoms with E-state index in [9.17, 15) is 14.4 Å². The lowest BCUT2D eigenvalue weighted by atomic mass is 9.89. The standard InChI is InChI=1S/C18H19N5O4/c1-10-15(17(27)19-5-4-14(24)25)23-13-8-11(2-3-12(13)16(10)26)9-22-18-20-6-7-21-18/h2-3,6-8,10H,4-5,9H2,1H3,(H,19,27)(H,24,25)(H2,20,21,22). The molecule has 0 fully saturated rings. The van der Waals surface area contributed by atoms with Crippen molar-refractivity contribution >= 4 is 35.0 Å². The highest BCUT2D eigenvalue weighted by molar-refractivity contribution is 6.45. The van der Waals surface area contributed by atoms with Crippen molar-refractivity contribution in [2.45, 2.75) is 19.9 Å². The first-order valence-corrected chi connectivity index (χ1v) is 8.44. The van der Waals surface area contributed by atoms with Gasteiger partial charge in [0.2, 0.25) is 0 Å². The lowest BCUT2D eigenvalue weighted by Gasteiger charge is -2.20. The van der Waals surface area contributed by atoms with Crippen molar-refractivity contribution in [3.63, 3.8) is 0 Å². The van der Waals surface area contributed by atoms with Gasteiger partial charge < -0.3 is 20.7 Å². The highest BCUT2D eigenvalue weighted by Gasteiger charge is 2.31. The first-order chi connectivity index (χ1) is 13.0. The van der Waals surface area contributed by atoms with Crippen LogP contribution in [-0.2, 0) is 16.1 Å². The number of ketones is 1. The highest BCUT2D eigenvalue weighted by atomic mass is 16.4. The summed E-state index contributed by atoms with van der Waals surface area (Å²) < 4.78 is 0. The third-order valence-electron chi connectivity index (χ3n) is 4.19. The minimum atomic E-state index is -1.01. The van der Waals surface area contributed by atoms with Gasteiger partial charge in [0, 0.05) is 31.0 Å². The second-order valence-corrected chi connectivity index (χ2v) is 6.13. The molecule has 1 aromatic carbocycles. The molecule has 4 N–H and O–H groups in total. The van der Waals surface area contributed by atoms with Crippen molar-refractivity contribution < 1.29 is 19.5 Å². The first kappa shape index (κ1) is 18.3. The zero-order valence-corrected chi connectivity index (χ0v) is 14.7. The number of nitrogens with one attached hydrogen (secondary N) is 3. The second-order valence-electron chi connectivity index (χ2n) is 6.13. The largest absolute Gasteiger partial charge is 0.481 e. The van der Waals surface area contributed by atoms with Crippen LogP contribution in [0.4, 0.5) is 11.6 Å². The Labute approximate surface area is 154 Å². The SMILES string of the molecule is CC1C(=O)c2ccc(CNc3ncc[nH]3)cc2N=C1C(=O)NCCC(=O)O. The number of aromatic amines is 1. The fraction of sp³-hybridized carbons (Fsp3) is 0.278. The molecule has 0 aliphatic carbocycles. The van der Waals surface area contributed by atoms with E-state index in [-0.39, 0.29) is 24.5 Å². The number of carboxylic acid groups (broad SMARTS) is 1. The molecule has 27 heavy (non-hydrogen) atoms. The number of aliphatic imine (C=N–C) groups is 1. The van der Waals surface area contributed by atoms with Crippen LogP contribution >= 0.6 is 0 Å². The van der Waals surface area contributed by atoms with Crippen LogP contribution in [0.3, 0.4) is 0 Å².